The van der Waals surface area contributed by atoms with Gasteiger partial charge in [-0.15, -0.1) is 0 Å². The molecule has 124 valence electrons. The van der Waals surface area contributed by atoms with Crippen LogP contribution in [0.1, 0.15) is 12.5 Å². The maximum atomic E-state index is 12.7. The summed E-state index contributed by atoms with van der Waals surface area (Å²) in [6.45, 7) is 1.11. The van der Waals surface area contributed by atoms with Crippen molar-refractivity contribution < 1.29 is 33.6 Å². The normalized spacial score (nSPS) is 14.9. The summed E-state index contributed by atoms with van der Waals surface area (Å²) in [5.41, 5.74) is 0.533. The van der Waals surface area contributed by atoms with Crippen molar-refractivity contribution in [2.24, 2.45) is 0 Å². The molecule has 1 aromatic carbocycles. The third-order valence-corrected chi connectivity index (χ3v) is 4.59. The number of nitrogens with one attached hydrogen (secondary N) is 1. The van der Waals surface area contributed by atoms with Crippen LogP contribution >= 0.6 is 7.52 Å². The molecule has 0 spiro atoms. The van der Waals surface area contributed by atoms with E-state index in [-0.39, 0.29) is 18.7 Å². The van der Waals surface area contributed by atoms with Gasteiger partial charge in [0.05, 0.1) is 13.7 Å². The number of aliphatic hydroxyl groups excluding tert-OH is 1. The van der Waals surface area contributed by atoms with Gasteiger partial charge in [-0.05, 0) is 24.6 Å². The molecule has 9 heteroatoms. The molecule has 0 bridgehead atoms. The summed E-state index contributed by atoms with van der Waals surface area (Å²) in [6, 6.07) is 3.56. The van der Waals surface area contributed by atoms with Gasteiger partial charge in [0.15, 0.2) is 11.5 Å². The molecule has 3 N–H and O–H groups in total. The smallest absolute Gasteiger partial charge is 0.342 e. The molecule has 0 radical (unpaired) electrons. The fraction of sp³-hybridized carbons (Fsp3) is 0.462. The molecule has 8 nitrogen and oxygen atoms in total. The fourth-order valence-electron chi connectivity index (χ4n) is 1.66. The van der Waals surface area contributed by atoms with Crippen molar-refractivity contribution >= 4 is 13.5 Å². The van der Waals surface area contributed by atoms with Crippen molar-refractivity contribution in [1.82, 2.24) is 5.09 Å². The van der Waals surface area contributed by atoms with E-state index in [1.54, 1.807) is 12.1 Å². The zero-order valence-electron chi connectivity index (χ0n) is 12.6. The zero-order chi connectivity index (χ0) is 16.8. The number of carboxylic acid groups (broad SMARTS) is 1. The van der Waals surface area contributed by atoms with E-state index in [1.807, 2.05) is 0 Å². The van der Waals surface area contributed by atoms with E-state index < -0.39 is 19.5 Å². The van der Waals surface area contributed by atoms with Crippen molar-refractivity contribution in [3.05, 3.63) is 23.8 Å². The molecule has 0 fully saturated rings. The number of benzene rings is 1. The van der Waals surface area contributed by atoms with E-state index in [9.17, 15) is 9.36 Å². The molecule has 2 atom stereocenters. The Morgan fingerprint density at radius 2 is 2.05 bits per heavy atom. The van der Waals surface area contributed by atoms with Crippen LogP contribution in [0.2, 0.25) is 0 Å². The van der Waals surface area contributed by atoms with Gasteiger partial charge >= 0.3 is 13.5 Å². The first-order chi connectivity index (χ1) is 10.3. The number of carbonyl (C=O) groups is 1. The molecule has 0 aliphatic heterocycles. The molecule has 0 aliphatic carbocycles. The summed E-state index contributed by atoms with van der Waals surface area (Å²) in [6.07, 6.45) is -0.322. The minimum absolute atomic E-state index is 0.125. The number of aliphatic carboxylic acids is 1. The standard InChI is InChI=1S/C13H20NO7P/c1-9(13(16)17)14-22(18,8-19-2)21-12-6-10(7-15)4-5-11(12)20-3/h4-6,9,15H,7-8H2,1-3H3,(H,14,18)(H,16,17). The quantitative estimate of drug-likeness (QED) is 0.581. The van der Waals surface area contributed by atoms with Crippen LogP contribution in [0.5, 0.6) is 11.5 Å². The molecule has 0 amide bonds. The Hall–Kier alpha value is -1.60. The molecule has 0 aliphatic rings. The van der Waals surface area contributed by atoms with E-state index in [0.29, 0.717) is 11.3 Å². The van der Waals surface area contributed by atoms with Crippen molar-refractivity contribution in [2.75, 3.05) is 20.6 Å². The number of methoxy groups -OCH3 is 2. The van der Waals surface area contributed by atoms with Gasteiger partial charge in [0.1, 0.15) is 12.4 Å². The molecule has 22 heavy (non-hydrogen) atoms. The van der Waals surface area contributed by atoms with Crippen LogP contribution in [0.25, 0.3) is 0 Å². The Bertz CT molecular complexity index is 563. The second-order valence-corrected chi connectivity index (χ2v) is 6.56. The van der Waals surface area contributed by atoms with Crippen molar-refractivity contribution in [3.8, 4) is 11.5 Å². The van der Waals surface area contributed by atoms with Gasteiger partial charge < -0.3 is 24.2 Å². The van der Waals surface area contributed by atoms with Gasteiger partial charge in [0.2, 0.25) is 0 Å². The predicted molar refractivity (Wildman–Crippen MR) is 79.3 cm³/mol. The van der Waals surface area contributed by atoms with Gasteiger partial charge in [-0.1, -0.05) is 6.07 Å². The number of rotatable bonds is 9. The lowest BCUT2D eigenvalue weighted by Crippen LogP contribution is -2.33. The number of carboxylic acids is 1. The highest BCUT2D eigenvalue weighted by atomic mass is 31.2. The first kappa shape index (κ1) is 18.4. The van der Waals surface area contributed by atoms with Gasteiger partial charge in [-0.3, -0.25) is 9.36 Å². The maximum Gasteiger partial charge on any atom is 0.342 e. The fourth-order valence-corrected chi connectivity index (χ4v) is 3.34. The number of ether oxygens (including phenoxy) is 2. The van der Waals surface area contributed by atoms with E-state index >= 15 is 0 Å². The first-order valence-corrected chi connectivity index (χ1v) is 8.22. The van der Waals surface area contributed by atoms with Crippen LogP contribution < -0.4 is 14.3 Å². The predicted octanol–water partition coefficient (Wildman–Crippen LogP) is 1.43. The third-order valence-electron chi connectivity index (χ3n) is 2.72. The van der Waals surface area contributed by atoms with Crippen LogP contribution in [-0.4, -0.2) is 42.8 Å². The first-order valence-electron chi connectivity index (χ1n) is 6.41. The molecule has 2 unspecified atom stereocenters. The van der Waals surface area contributed by atoms with E-state index in [0.717, 1.165) is 0 Å². The summed E-state index contributed by atoms with van der Waals surface area (Å²) >= 11 is 0. The second-order valence-electron chi connectivity index (χ2n) is 4.51. The van der Waals surface area contributed by atoms with Gasteiger partial charge in [-0.2, -0.15) is 0 Å². The number of hydrogen-bond donors (Lipinski definition) is 3. The Kier molecular flexibility index (Phi) is 6.83. The lowest BCUT2D eigenvalue weighted by Gasteiger charge is -2.23. The van der Waals surface area contributed by atoms with Crippen molar-refractivity contribution in [3.63, 3.8) is 0 Å². The molecule has 1 rings (SSSR count). The molecular weight excluding hydrogens is 313 g/mol. The van der Waals surface area contributed by atoms with Crippen LogP contribution in [0.15, 0.2) is 18.2 Å². The topological polar surface area (TPSA) is 114 Å². The minimum Gasteiger partial charge on any atom is -0.493 e. The van der Waals surface area contributed by atoms with Gasteiger partial charge in [-0.25, -0.2) is 5.09 Å². The molecule has 1 aromatic rings. The maximum absolute atomic E-state index is 12.7. The van der Waals surface area contributed by atoms with Crippen LogP contribution in [0, 0.1) is 0 Å². The number of aliphatic hydroxyl groups is 1. The molecule has 0 aromatic heterocycles. The summed E-state index contributed by atoms with van der Waals surface area (Å²) in [4.78, 5) is 10.9. The SMILES string of the molecule is COCP(=O)(NC(C)C(=O)O)Oc1cc(CO)ccc1OC. The molecule has 0 saturated carbocycles. The van der Waals surface area contributed by atoms with Crippen LogP contribution in [0.3, 0.4) is 0 Å². The van der Waals surface area contributed by atoms with E-state index in [2.05, 4.69) is 5.09 Å². The largest absolute Gasteiger partial charge is 0.493 e. The highest BCUT2D eigenvalue weighted by Gasteiger charge is 2.30. The highest BCUT2D eigenvalue weighted by molar-refractivity contribution is 7.57. The molecular formula is C13H20NO7P. The Morgan fingerprint density at radius 3 is 2.55 bits per heavy atom. The Labute approximate surface area is 128 Å². The lowest BCUT2D eigenvalue weighted by molar-refractivity contribution is -0.138. The Balaban J connectivity index is 3.08. The van der Waals surface area contributed by atoms with E-state index in [4.69, 9.17) is 24.2 Å². The van der Waals surface area contributed by atoms with Crippen molar-refractivity contribution in [2.45, 2.75) is 19.6 Å². The monoisotopic (exact) mass is 333 g/mol. The minimum atomic E-state index is -3.64. The van der Waals surface area contributed by atoms with Gasteiger partial charge in [0, 0.05) is 7.11 Å². The highest BCUT2D eigenvalue weighted by Crippen LogP contribution is 2.46. The van der Waals surface area contributed by atoms with Crippen LogP contribution in [0.4, 0.5) is 0 Å². The summed E-state index contributed by atoms with van der Waals surface area (Å²) in [7, 11) is -0.900. The third kappa shape index (κ3) is 4.99. The van der Waals surface area contributed by atoms with Crippen LogP contribution in [-0.2, 0) is 20.7 Å². The number of hydrogen-bond acceptors (Lipinski definition) is 6. The van der Waals surface area contributed by atoms with Crippen molar-refractivity contribution in [1.29, 1.82) is 0 Å². The molecule has 0 heterocycles. The molecule has 0 saturated heterocycles. The Morgan fingerprint density at radius 1 is 1.36 bits per heavy atom. The average Bonchev–Trinajstić information content (AvgIpc) is 2.46. The summed E-state index contributed by atoms with van der Waals surface area (Å²) in [5, 5.41) is 20.5. The average molecular weight is 333 g/mol. The van der Waals surface area contributed by atoms with E-state index in [1.165, 1.54) is 27.2 Å². The second kappa shape index (κ2) is 8.14. The summed E-state index contributed by atoms with van der Waals surface area (Å²) in [5.74, 6) is -0.742. The lowest BCUT2D eigenvalue weighted by atomic mass is 10.2. The summed E-state index contributed by atoms with van der Waals surface area (Å²) < 4.78 is 28.1. The zero-order valence-corrected chi connectivity index (χ0v) is 13.5. The van der Waals surface area contributed by atoms with Gasteiger partial charge in [0.25, 0.3) is 0 Å².